The van der Waals surface area contributed by atoms with Crippen LogP contribution in [0.3, 0.4) is 0 Å². The molecule has 1 heteroatoms. The van der Waals surface area contributed by atoms with E-state index in [1.165, 1.54) is 36.8 Å². The van der Waals surface area contributed by atoms with Gasteiger partial charge in [-0.05, 0) is 61.6 Å². The molecule has 106 valence electrons. The zero-order chi connectivity index (χ0) is 13.7. The predicted molar refractivity (Wildman–Crippen MR) is 83.7 cm³/mol. The maximum atomic E-state index is 3.73. The summed E-state index contributed by atoms with van der Waals surface area (Å²) in [6, 6.07) is 9.91. The van der Waals surface area contributed by atoms with Gasteiger partial charge in [-0.1, -0.05) is 45.0 Å². The Kier molecular flexibility index (Phi) is 5.45. The summed E-state index contributed by atoms with van der Waals surface area (Å²) in [7, 11) is 0. The van der Waals surface area contributed by atoms with E-state index < -0.39 is 0 Å². The van der Waals surface area contributed by atoms with E-state index in [1.54, 1.807) is 0 Å². The van der Waals surface area contributed by atoms with E-state index in [1.807, 2.05) is 0 Å². The van der Waals surface area contributed by atoms with Crippen molar-refractivity contribution >= 4 is 0 Å². The van der Waals surface area contributed by atoms with Crippen molar-refractivity contribution in [3.63, 3.8) is 0 Å². The lowest BCUT2D eigenvalue weighted by Gasteiger charge is -2.27. The number of hydrogen-bond acceptors (Lipinski definition) is 1. The fourth-order valence-corrected chi connectivity index (χ4v) is 2.95. The highest BCUT2D eigenvalue weighted by Gasteiger charge is 2.17. The highest BCUT2D eigenvalue weighted by molar-refractivity contribution is 5.24. The van der Waals surface area contributed by atoms with Crippen LogP contribution in [0.1, 0.15) is 63.5 Å². The van der Waals surface area contributed by atoms with E-state index in [0.29, 0.717) is 5.92 Å². The number of nitrogens with one attached hydrogen (secondary N) is 1. The second kappa shape index (κ2) is 7.09. The van der Waals surface area contributed by atoms with Crippen LogP contribution < -0.4 is 5.32 Å². The summed E-state index contributed by atoms with van der Waals surface area (Å²) in [5.74, 6) is 1.58. The predicted octanol–water partition coefficient (Wildman–Crippen LogP) is 4.52. The van der Waals surface area contributed by atoms with E-state index in [0.717, 1.165) is 24.9 Å². The van der Waals surface area contributed by atoms with Crippen molar-refractivity contribution in [1.82, 2.24) is 5.32 Å². The summed E-state index contributed by atoms with van der Waals surface area (Å²) < 4.78 is 0. The van der Waals surface area contributed by atoms with E-state index in [2.05, 4.69) is 50.4 Å². The molecule has 0 atom stereocenters. The average molecular weight is 259 g/mol. The summed E-state index contributed by atoms with van der Waals surface area (Å²) in [6.07, 6.45) is 6.70. The third-order valence-corrected chi connectivity index (χ3v) is 4.51. The normalized spacial score (nSPS) is 23.8. The number of benzene rings is 1. The first-order valence-electron chi connectivity index (χ1n) is 7.97. The van der Waals surface area contributed by atoms with E-state index in [-0.39, 0.29) is 0 Å². The molecule has 1 aliphatic carbocycles. The van der Waals surface area contributed by atoms with Gasteiger partial charge in [0.2, 0.25) is 0 Å². The van der Waals surface area contributed by atoms with Crippen LogP contribution in [-0.4, -0.2) is 12.6 Å². The molecule has 0 amide bonds. The highest BCUT2D eigenvalue weighted by atomic mass is 14.9. The van der Waals surface area contributed by atoms with Crippen LogP contribution in [0, 0.1) is 5.92 Å². The van der Waals surface area contributed by atoms with Gasteiger partial charge in [0.15, 0.2) is 0 Å². The molecule has 0 radical (unpaired) electrons. The first-order chi connectivity index (χ1) is 9.15. The molecule has 0 bridgehead atoms. The fraction of sp³-hybridized carbons (Fsp3) is 0.667. The molecule has 0 unspecified atom stereocenters. The van der Waals surface area contributed by atoms with Crippen molar-refractivity contribution in [1.29, 1.82) is 0 Å². The zero-order valence-electron chi connectivity index (χ0n) is 12.8. The van der Waals surface area contributed by atoms with Gasteiger partial charge in [0.1, 0.15) is 0 Å². The minimum Gasteiger partial charge on any atom is -0.314 e. The van der Waals surface area contributed by atoms with Crippen molar-refractivity contribution in [2.24, 2.45) is 5.92 Å². The molecule has 0 saturated heterocycles. The van der Waals surface area contributed by atoms with Crippen molar-refractivity contribution < 1.29 is 0 Å². The van der Waals surface area contributed by atoms with Gasteiger partial charge in [-0.15, -0.1) is 0 Å². The van der Waals surface area contributed by atoms with Crippen molar-refractivity contribution in [3.8, 4) is 0 Å². The standard InChI is InChI=1S/C18H29N/c1-14(2)17-8-6-16(7-9-17)12-13-19-18-10-4-15(3)5-11-18/h6-9,14-15,18-19H,4-5,10-13H2,1-3H3/t15-,18-. The van der Waals surface area contributed by atoms with Crippen LogP contribution >= 0.6 is 0 Å². The van der Waals surface area contributed by atoms with Gasteiger partial charge in [0.05, 0.1) is 0 Å². The zero-order valence-corrected chi connectivity index (χ0v) is 12.8. The molecule has 1 fully saturated rings. The number of hydrogen-bond donors (Lipinski definition) is 1. The van der Waals surface area contributed by atoms with Crippen LogP contribution in [0.4, 0.5) is 0 Å². The van der Waals surface area contributed by atoms with Crippen LogP contribution in [0.5, 0.6) is 0 Å². The molecule has 1 nitrogen and oxygen atoms in total. The minimum atomic E-state index is 0.636. The number of rotatable bonds is 5. The van der Waals surface area contributed by atoms with Crippen LogP contribution in [0.15, 0.2) is 24.3 Å². The molecule has 1 saturated carbocycles. The summed E-state index contributed by atoms with van der Waals surface area (Å²) in [5.41, 5.74) is 2.90. The highest BCUT2D eigenvalue weighted by Crippen LogP contribution is 2.23. The Labute approximate surface area is 118 Å². The summed E-state index contributed by atoms with van der Waals surface area (Å²) in [5, 5.41) is 3.73. The Morgan fingerprint density at radius 3 is 2.26 bits per heavy atom. The fourth-order valence-electron chi connectivity index (χ4n) is 2.95. The first-order valence-corrected chi connectivity index (χ1v) is 7.97. The minimum absolute atomic E-state index is 0.636. The van der Waals surface area contributed by atoms with Crippen LogP contribution in [-0.2, 0) is 6.42 Å². The Hall–Kier alpha value is -0.820. The second-order valence-electron chi connectivity index (χ2n) is 6.56. The molecule has 19 heavy (non-hydrogen) atoms. The molecule has 1 aliphatic rings. The topological polar surface area (TPSA) is 12.0 Å². The molecule has 0 heterocycles. The Bertz CT molecular complexity index is 358. The third kappa shape index (κ3) is 4.65. The van der Waals surface area contributed by atoms with Gasteiger partial charge in [-0.3, -0.25) is 0 Å². The quantitative estimate of drug-likeness (QED) is 0.819. The largest absolute Gasteiger partial charge is 0.314 e. The molecule has 2 rings (SSSR count). The Morgan fingerprint density at radius 2 is 1.68 bits per heavy atom. The van der Waals surface area contributed by atoms with Crippen molar-refractivity contribution in [2.45, 2.75) is 64.8 Å². The summed E-state index contributed by atoms with van der Waals surface area (Å²) in [6.45, 7) is 8.01. The monoisotopic (exact) mass is 259 g/mol. The lowest BCUT2D eigenvalue weighted by molar-refractivity contribution is 0.309. The molecule has 1 aromatic rings. The van der Waals surface area contributed by atoms with Crippen molar-refractivity contribution in [3.05, 3.63) is 35.4 Å². The van der Waals surface area contributed by atoms with Gasteiger partial charge in [0, 0.05) is 6.04 Å². The smallest absolute Gasteiger partial charge is 0.00673 e. The second-order valence-corrected chi connectivity index (χ2v) is 6.56. The van der Waals surface area contributed by atoms with E-state index in [9.17, 15) is 0 Å². The lowest BCUT2D eigenvalue weighted by atomic mass is 9.87. The third-order valence-electron chi connectivity index (χ3n) is 4.51. The van der Waals surface area contributed by atoms with Crippen LogP contribution in [0.25, 0.3) is 0 Å². The Morgan fingerprint density at radius 1 is 1.05 bits per heavy atom. The maximum absolute atomic E-state index is 3.73. The summed E-state index contributed by atoms with van der Waals surface area (Å²) >= 11 is 0. The molecular weight excluding hydrogens is 230 g/mol. The molecule has 0 aliphatic heterocycles. The maximum Gasteiger partial charge on any atom is 0.00673 e. The van der Waals surface area contributed by atoms with Gasteiger partial charge < -0.3 is 5.32 Å². The SMILES string of the molecule is CC(C)c1ccc(CCN[C@H]2CC[C@H](C)CC2)cc1. The average Bonchev–Trinajstić information content (AvgIpc) is 2.41. The van der Waals surface area contributed by atoms with Gasteiger partial charge >= 0.3 is 0 Å². The Balaban J connectivity index is 1.70. The molecule has 1 aromatic carbocycles. The van der Waals surface area contributed by atoms with Gasteiger partial charge in [0.25, 0.3) is 0 Å². The molecule has 0 aromatic heterocycles. The van der Waals surface area contributed by atoms with Crippen molar-refractivity contribution in [2.75, 3.05) is 6.54 Å². The first kappa shape index (κ1) is 14.6. The lowest BCUT2D eigenvalue weighted by Crippen LogP contribution is -2.34. The van der Waals surface area contributed by atoms with Gasteiger partial charge in [-0.25, -0.2) is 0 Å². The van der Waals surface area contributed by atoms with Crippen LogP contribution in [0.2, 0.25) is 0 Å². The molecule has 0 spiro atoms. The van der Waals surface area contributed by atoms with E-state index >= 15 is 0 Å². The molecule has 1 N–H and O–H groups in total. The summed E-state index contributed by atoms with van der Waals surface area (Å²) in [4.78, 5) is 0. The van der Waals surface area contributed by atoms with E-state index in [4.69, 9.17) is 0 Å². The molecular formula is C18H29N. The van der Waals surface area contributed by atoms with Gasteiger partial charge in [-0.2, -0.15) is 0 Å².